The van der Waals surface area contributed by atoms with Crippen LogP contribution < -0.4 is 20.7 Å². The number of carboxylic acid groups (broad SMARTS) is 1. The monoisotopic (exact) mass is 501 g/mol. The van der Waals surface area contributed by atoms with Gasteiger partial charge in [0, 0.05) is 18.1 Å². The normalized spacial score (nSPS) is 11.9. The minimum atomic E-state index is -1.28. The second-order valence-electron chi connectivity index (χ2n) is 8.31. The first-order valence-corrected chi connectivity index (χ1v) is 12.0. The molecule has 0 radical (unpaired) electrons. The maximum absolute atomic E-state index is 12.4. The maximum Gasteiger partial charge on any atom is 0.407 e. The average Bonchev–Trinajstić information content (AvgIpc) is 2.73. The van der Waals surface area contributed by atoms with Gasteiger partial charge in [0.25, 0.3) is 0 Å². The Morgan fingerprint density at radius 1 is 1.03 bits per heavy atom. The molecule has 1 rings (SSSR count). The van der Waals surface area contributed by atoms with E-state index < -0.39 is 29.7 Å². The van der Waals surface area contributed by atoms with Gasteiger partial charge in [-0.1, -0.05) is 6.07 Å². The number of amides is 3. The van der Waals surface area contributed by atoms with Crippen molar-refractivity contribution in [1.82, 2.24) is 16.0 Å². The highest BCUT2D eigenvalue weighted by molar-refractivity contribution is 7.79. The van der Waals surface area contributed by atoms with Crippen molar-refractivity contribution in [2.45, 2.75) is 63.2 Å². The van der Waals surface area contributed by atoms with Gasteiger partial charge >= 0.3 is 12.2 Å². The van der Waals surface area contributed by atoms with Gasteiger partial charge in [-0.3, -0.25) is 4.79 Å². The van der Waals surface area contributed by atoms with Crippen molar-refractivity contribution in [3.05, 3.63) is 29.3 Å². The zero-order chi connectivity index (χ0) is 24.9. The first-order valence-electron chi connectivity index (χ1n) is 10.8. The Kier molecular flexibility index (Phi) is 12.9. The van der Waals surface area contributed by atoms with Crippen LogP contribution in [0.15, 0.2) is 18.2 Å². The van der Waals surface area contributed by atoms with Gasteiger partial charge in [-0.05, 0) is 63.3 Å². The van der Waals surface area contributed by atoms with Crippen molar-refractivity contribution >= 4 is 43.4 Å². The predicted octanol–water partition coefficient (Wildman–Crippen LogP) is 3.37. The van der Waals surface area contributed by atoms with Crippen LogP contribution in [0.25, 0.3) is 0 Å². The fourth-order valence-electron chi connectivity index (χ4n) is 2.86. The van der Waals surface area contributed by atoms with Crippen LogP contribution in [-0.4, -0.2) is 54.5 Å². The highest BCUT2D eigenvalue weighted by atomic mass is 32.1. The summed E-state index contributed by atoms with van der Waals surface area (Å²) in [6.45, 7) is 6.15. The number of carbonyl (C=O) groups excluding carboxylic acids is 2. The van der Waals surface area contributed by atoms with Crippen LogP contribution in [0.3, 0.4) is 0 Å². The number of hydrogen-bond acceptors (Lipinski definition) is 7. The summed E-state index contributed by atoms with van der Waals surface area (Å²) in [5.41, 5.74) is 1.53. The van der Waals surface area contributed by atoms with Crippen molar-refractivity contribution in [3.63, 3.8) is 0 Å². The van der Waals surface area contributed by atoms with Crippen molar-refractivity contribution in [2.24, 2.45) is 0 Å². The summed E-state index contributed by atoms with van der Waals surface area (Å²) in [7, 11) is 0. The molecule has 0 spiro atoms. The number of rotatable bonds is 13. The molecule has 11 heteroatoms. The van der Waals surface area contributed by atoms with E-state index in [9.17, 15) is 14.4 Å². The molecule has 0 fully saturated rings. The van der Waals surface area contributed by atoms with Gasteiger partial charge in [0.05, 0.1) is 6.54 Å². The Morgan fingerprint density at radius 2 is 1.73 bits per heavy atom. The number of alkyl carbamates (subject to hydrolysis) is 1. The summed E-state index contributed by atoms with van der Waals surface area (Å²) in [6, 6.07) is 4.76. The Morgan fingerprint density at radius 3 is 2.33 bits per heavy atom. The van der Waals surface area contributed by atoms with Gasteiger partial charge < -0.3 is 30.5 Å². The molecule has 186 valence electrons. The summed E-state index contributed by atoms with van der Waals surface area (Å²) in [5, 5.41) is 16.6. The average molecular weight is 502 g/mol. The van der Waals surface area contributed by atoms with Gasteiger partial charge in [-0.15, -0.1) is 0 Å². The standard InChI is InChI=1S/C22H35N3O6S2/c1-22(2,3)31-21(29)24-9-5-4-6-18(25-20(27)28)19(26)23-10-11-30-17-8-7-15(13-32)16(12-17)14-33/h7-8,12,18,25,32-33H,4-6,9-11,13-14H2,1-3H3,(H,23,26)(H,24,29)(H,27,28)/t18-/m0/s1. The molecule has 0 saturated heterocycles. The van der Waals surface area contributed by atoms with Crippen molar-refractivity contribution in [2.75, 3.05) is 19.7 Å². The Balaban J connectivity index is 2.39. The van der Waals surface area contributed by atoms with Crippen LogP contribution >= 0.6 is 25.3 Å². The van der Waals surface area contributed by atoms with Crippen molar-refractivity contribution in [1.29, 1.82) is 0 Å². The lowest BCUT2D eigenvalue weighted by Crippen LogP contribution is -2.47. The third kappa shape index (κ3) is 12.5. The van der Waals surface area contributed by atoms with E-state index in [0.717, 1.165) is 11.1 Å². The summed E-state index contributed by atoms with van der Waals surface area (Å²) >= 11 is 8.59. The quantitative estimate of drug-likeness (QED) is 0.182. The van der Waals surface area contributed by atoms with Gasteiger partial charge in [-0.2, -0.15) is 25.3 Å². The van der Waals surface area contributed by atoms with Crippen molar-refractivity contribution < 1.29 is 29.0 Å². The molecule has 0 saturated carbocycles. The largest absolute Gasteiger partial charge is 0.492 e. The highest BCUT2D eigenvalue weighted by Gasteiger charge is 2.20. The topological polar surface area (TPSA) is 126 Å². The van der Waals surface area contributed by atoms with Gasteiger partial charge in [0.15, 0.2) is 0 Å². The molecule has 0 unspecified atom stereocenters. The van der Waals surface area contributed by atoms with Gasteiger partial charge in [0.2, 0.25) is 5.91 Å². The third-order valence-electron chi connectivity index (χ3n) is 4.39. The van der Waals surface area contributed by atoms with Crippen LogP contribution in [0.4, 0.5) is 9.59 Å². The van der Waals surface area contributed by atoms with E-state index in [4.69, 9.17) is 14.6 Å². The molecule has 0 aliphatic heterocycles. The van der Waals surface area contributed by atoms with E-state index in [1.165, 1.54) is 0 Å². The molecular weight excluding hydrogens is 466 g/mol. The Bertz CT molecular complexity index is 786. The first kappa shape index (κ1) is 28.8. The zero-order valence-corrected chi connectivity index (χ0v) is 21.1. The van der Waals surface area contributed by atoms with E-state index in [1.807, 2.05) is 18.2 Å². The first-order chi connectivity index (χ1) is 15.6. The summed E-state index contributed by atoms with van der Waals surface area (Å²) in [4.78, 5) is 35.1. The third-order valence-corrected chi connectivity index (χ3v) is 5.07. The van der Waals surface area contributed by atoms with Crippen LogP contribution in [0.5, 0.6) is 5.75 Å². The molecule has 9 nitrogen and oxygen atoms in total. The van der Waals surface area contributed by atoms with E-state index in [1.54, 1.807) is 20.8 Å². The highest BCUT2D eigenvalue weighted by Crippen LogP contribution is 2.20. The van der Waals surface area contributed by atoms with Gasteiger partial charge in [0.1, 0.15) is 24.0 Å². The minimum Gasteiger partial charge on any atom is -0.492 e. The number of thiol groups is 2. The number of nitrogens with one attached hydrogen (secondary N) is 3. The Hall–Kier alpha value is -2.27. The lowest BCUT2D eigenvalue weighted by molar-refractivity contribution is -0.123. The second-order valence-corrected chi connectivity index (χ2v) is 8.95. The van der Waals surface area contributed by atoms with Gasteiger partial charge in [-0.25, -0.2) is 9.59 Å². The molecule has 1 aromatic carbocycles. The van der Waals surface area contributed by atoms with Crippen LogP contribution in [0.1, 0.15) is 51.2 Å². The fraction of sp³-hybridized carbons (Fsp3) is 0.591. The van der Waals surface area contributed by atoms with E-state index in [0.29, 0.717) is 43.1 Å². The maximum atomic E-state index is 12.4. The molecular formula is C22H35N3O6S2. The molecule has 33 heavy (non-hydrogen) atoms. The second kappa shape index (κ2) is 14.8. The predicted molar refractivity (Wildman–Crippen MR) is 133 cm³/mol. The van der Waals surface area contributed by atoms with E-state index >= 15 is 0 Å². The molecule has 0 bridgehead atoms. The van der Waals surface area contributed by atoms with E-state index in [2.05, 4.69) is 41.2 Å². The zero-order valence-electron chi connectivity index (χ0n) is 19.3. The molecule has 0 aliphatic rings. The molecule has 0 aromatic heterocycles. The van der Waals surface area contributed by atoms with E-state index in [-0.39, 0.29) is 13.2 Å². The summed E-state index contributed by atoms with van der Waals surface area (Å²) < 4.78 is 10.8. The summed E-state index contributed by atoms with van der Waals surface area (Å²) in [6.07, 6.45) is -0.382. The molecule has 0 heterocycles. The molecule has 1 aromatic rings. The summed E-state index contributed by atoms with van der Waals surface area (Å²) in [5.74, 6) is 1.42. The number of carbonyl (C=O) groups is 3. The van der Waals surface area contributed by atoms with Crippen LogP contribution in [0, 0.1) is 0 Å². The molecule has 1 atom stereocenters. The van der Waals surface area contributed by atoms with Crippen LogP contribution in [-0.2, 0) is 21.0 Å². The molecule has 0 aliphatic carbocycles. The number of benzene rings is 1. The molecule has 4 N–H and O–H groups in total. The lowest BCUT2D eigenvalue weighted by atomic mass is 10.1. The molecule has 3 amide bonds. The minimum absolute atomic E-state index is 0.224. The van der Waals surface area contributed by atoms with Crippen LogP contribution in [0.2, 0.25) is 0 Å². The van der Waals surface area contributed by atoms with Crippen molar-refractivity contribution in [3.8, 4) is 5.75 Å². The smallest absolute Gasteiger partial charge is 0.407 e. The number of ether oxygens (including phenoxy) is 2. The lowest BCUT2D eigenvalue weighted by Gasteiger charge is -2.20. The number of hydrogen-bond donors (Lipinski definition) is 6. The fourth-order valence-corrected chi connectivity index (χ4v) is 3.46. The Labute approximate surface area is 206 Å². The SMILES string of the molecule is CC(C)(C)OC(=O)NCCCC[C@H](NC(=O)O)C(=O)NCCOc1ccc(CS)c(CS)c1. The number of unbranched alkanes of at least 4 members (excludes halogenated alkanes) is 1.